The molecule has 4 aromatic rings. The van der Waals surface area contributed by atoms with E-state index in [1.807, 2.05) is 27.7 Å². The van der Waals surface area contributed by atoms with Gasteiger partial charge >= 0.3 is 6.03 Å². The van der Waals surface area contributed by atoms with Crippen molar-refractivity contribution in [2.75, 3.05) is 22.6 Å². The van der Waals surface area contributed by atoms with E-state index in [1.54, 1.807) is 30.3 Å². The fourth-order valence-electron chi connectivity index (χ4n) is 3.77. The van der Waals surface area contributed by atoms with Crippen LogP contribution >= 0.6 is 11.6 Å². The number of carbonyl (C=O) groups excluding carboxylic acids is 2. The number of hydrogen-bond donors (Lipinski definition) is 4. The van der Waals surface area contributed by atoms with Crippen molar-refractivity contribution < 1.29 is 19.1 Å². The van der Waals surface area contributed by atoms with Gasteiger partial charge < -0.3 is 20.1 Å². The summed E-state index contributed by atoms with van der Waals surface area (Å²) in [5.41, 5.74) is 2.16. The van der Waals surface area contributed by atoms with Crippen LogP contribution in [0.15, 0.2) is 42.6 Å². The van der Waals surface area contributed by atoms with E-state index in [-0.39, 0.29) is 27.7 Å². The summed E-state index contributed by atoms with van der Waals surface area (Å²) in [4.78, 5) is 28.7. The Morgan fingerprint density at radius 2 is 1.88 bits per heavy atom. The summed E-state index contributed by atoms with van der Waals surface area (Å²) < 4.78 is 11.8. The van der Waals surface area contributed by atoms with Gasteiger partial charge in [-0.25, -0.2) is 4.79 Å². The lowest BCUT2D eigenvalue weighted by Gasteiger charge is -2.15. The van der Waals surface area contributed by atoms with Crippen molar-refractivity contribution in [1.29, 1.82) is 5.26 Å². The predicted molar refractivity (Wildman–Crippen MR) is 153 cm³/mol. The Labute approximate surface area is 235 Å². The normalized spacial score (nSPS) is 11.0. The number of carbonyl (C=O) groups is 2. The third-order valence-electron chi connectivity index (χ3n) is 5.69. The fraction of sp³-hybridized carbons (Fsp3) is 0.250. The van der Waals surface area contributed by atoms with Crippen molar-refractivity contribution in [2.24, 2.45) is 0 Å². The summed E-state index contributed by atoms with van der Waals surface area (Å²) in [7, 11) is 0. The molecule has 0 atom stereocenters. The van der Waals surface area contributed by atoms with Gasteiger partial charge in [0.05, 0.1) is 28.5 Å². The predicted octanol–water partition coefficient (Wildman–Crippen LogP) is 6.57. The van der Waals surface area contributed by atoms with Crippen LogP contribution in [-0.4, -0.2) is 33.7 Å². The molecule has 2 aromatic carbocycles. The third kappa shape index (κ3) is 6.42. The van der Waals surface area contributed by atoms with Gasteiger partial charge in [-0.1, -0.05) is 32.4 Å². The molecular formula is C28H28ClN7O4. The lowest BCUT2D eigenvalue weighted by atomic mass is 9.92. The molecule has 0 spiro atoms. The van der Waals surface area contributed by atoms with Gasteiger partial charge in [-0.05, 0) is 25.1 Å². The molecular weight excluding hydrogens is 534 g/mol. The minimum atomic E-state index is -0.523. The molecule has 4 N–H and O–H groups in total. The van der Waals surface area contributed by atoms with Crippen LogP contribution in [0.25, 0.3) is 10.9 Å². The molecule has 2 aromatic heterocycles. The number of aromatic amines is 1. The molecule has 0 unspecified atom stereocenters. The van der Waals surface area contributed by atoms with Gasteiger partial charge in [-0.2, -0.15) is 10.4 Å². The standard InChI is InChI=1S/C28H28ClN7O4/c1-6-39-23-11-21-18(10-22(23)32-15(2)37)26(16(13-30)14-31-21)40-17-7-8-20(19(29)9-17)33-27(38)34-25-12-24(35-36-25)28(3,4)5/h7-12,14H,6H2,1-5H3,(H,32,37)(H3,33,34,35,36,38). The molecule has 4 rings (SSSR count). The molecule has 3 amide bonds. The lowest BCUT2D eigenvalue weighted by Crippen LogP contribution is -2.19. The van der Waals surface area contributed by atoms with Crippen LogP contribution in [0.4, 0.5) is 22.0 Å². The van der Waals surface area contributed by atoms with E-state index in [4.69, 9.17) is 21.1 Å². The van der Waals surface area contributed by atoms with Crippen molar-refractivity contribution in [3.05, 3.63) is 58.9 Å². The molecule has 0 aliphatic carbocycles. The van der Waals surface area contributed by atoms with Crippen LogP contribution in [0, 0.1) is 11.3 Å². The summed E-state index contributed by atoms with van der Waals surface area (Å²) in [6.45, 7) is 9.69. The van der Waals surface area contributed by atoms with Crippen molar-refractivity contribution in [3.63, 3.8) is 0 Å². The third-order valence-corrected chi connectivity index (χ3v) is 6.00. The first-order chi connectivity index (χ1) is 19.0. The second kappa shape index (κ2) is 11.5. The Balaban J connectivity index is 1.59. The van der Waals surface area contributed by atoms with Crippen molar-refractivity contribution >= 4 is 51.6 Å². The number of anilines is 3. The highest BCUT2D eigenvalue weighted by Crippen LogP contribution is 2.39. The minimum Gasteiger partial charge on any atom is -0.492 e. The van der Waals surface area contributed by atoms with Crippen molar-refractivity contribution in [2.45, 2.75) is 40.0 Å². The Bertz CT molecular complexity index is 1640. The average Bonchev–Trinajstić information content (AvgIpc) is 3.35. The summed E-state index contributed by atoms with van der Waals surface area (Å²) in [6, 6.07) is 11.3. The number of pyridine rings is 1. The van der Waals surface area contributed by atoms with Gasteiger partial charge in [0.1, 0.15) is 23.1 Å². The number of ether oxygens (including phenoxy) is 2. The number of fused-ring (bicyclic) bond motifs is 1. The first kappa shape index (κ1) is 28.2. The van der Waals surface area contributed by atoms with Crippen LogP contribution in [0.1, 0.15) is 45.9 Å². The summed E-state index contributed by atoms with van der Waals surface area (Å²) in [5, 5.41) is 25.5. The maximum Gasteiger partial charge on any atom is 0.324 e. The Kier molecular flexibility index (Phi) is 8.11. The second-order valence-corrected chi connectivity index (χ2v) is 10.2. The van der Waals surface area contributed by atoms with Crippen LogP contribution in [0.5, 0.6) is 17.2 Å². The molecule has 11 nitrogen and oxygen atoms in total. The van der Waals surface area contributed by atoms with E-state index in [1.165, 1.54) is 19.2 Å². The number of halogens is 1. The number of rotatable bonds is 7. The van der Waals surface area contributed by atoms with Gasteiger partial charge in [-0.15, -0.1) is 0 Å². The van der Waals surface area contributed by atoms with Gasteiger partial charge in [0.2, 0.25) is 5.91 Å². The highest BCUT2D eigenvalue weighted by Gasteiger charge is 2.19. The minimum absolute atomic E-state index is 0.148. The maximum atomic E-state index is 12.5. The van der Waals surface area contributed by atoms with Crippen LogP contribution < -0.4 is 25.4 Å². The van der Waals surface area contributed by atoms with Crippen molar-refractivity contribution in [1.82, 2.24) is 15.2 Å². The SMILES string of the molecule is CCOc1cc2ncc(C#N)c(Oc3ccc(NC(=O)Nc4cc(C(C)(C)C)[nH]n4)c(Cl)c3)c2cc1NC(C)=O. The van der Waals surface area contributed by atoms with E-state index >= 15 is 0 Å². The van der Waals surface area contributed by atoms with Gasteiger partial charge in [0.25, 0.3) is 0 Å². The van der Waals surface area contributed by atoms with Gasteiger partial charge in [-0.3, -0.25) is 20.2 Å². The maximum absolute atomic E-state index is 12.5. The lowest BCUT2D eigenvalue weighted by molar-refractivity contribution is -0.114. The zero-order valence-electron chi connectivity index (χ0n) is 22.6. The smallest absolute Gasteiger partial charge is 0.324 e. The molecule has 0 saturated carbocycles. The van der Waals surface area contributed by atoms with Gasteiger partial charge in [0, 0.05) is 47.8 Å². The number of nitrogens with zero attached hydrogens (tertiary/aromatic N) is 3. The largest absolute Gasteiger partial charge is 0.492 e. The number of nitriles is 1. The topological polar surface area (TPSA) is 154 Å². The highest BCUT2D eigenvalue weighted by atomic mass is 35.5. The molecule has 12 heteroatoms. The molecule has 2 heterocycles. The summed E-state index contributed by atoms with van der Waals surface area (Å²) in [5.74, 6) is 1.07. The number of hydrogen-bond acceptors (Lipinski definition) is 7. The van der Waals surface area contributed by atoms with E-state index in [2.05, 4.69) is 37.2 Å². The van der Waals surface area contributed by atoms with E-state index in [0.29, 0.717) is 46.2 Å². The zero-order valence-corrected chi connectivity index (χ0v) is 23.4. The van der Waals surface area contributed by atoms with Gasteiger partial charge in [0.15, 0.2) is 11.6 Å². The monoisotopic (exact) mass is 561 g/mol. The Morgan fingerprint density at radius 1 is 1.10 bits per heavy atom. The van der Waals surface area contributed by atoms with Crippen LogP contribution in [0.3, 0.4) is 0 Å². The molecule has 0 aliphatic rings. The zero-order chi connectivity index (χ0) is 29.0. The average molecular weight is 562 g/mol. The number of benzene rings is 2. The number of amides is 3. The number of H-pyrrole nitrogens is 1. The first-order valence-electron chi connectivity index (χ1n) is 12.4. The number of urea groups is 1. The molecule has 0 saturated heterocycles. The molecule has 206 valence electrons. The molecule has 0 fully saturated rings. The van der Waals surface area contributed by atoms with E-state index < -0.39 is 6.03 Å². The molecule has 0 radical (unpaired) electrons. The number of aromatic nitrogens is 3. The number of nitrogens with one attached hydrogen (secondary N) is 4. The molecule has 40 heavy (non-hydrogen) atoms. The Hall–Kier alpha value is -4.82. The fourth-order valence-corrected chi connectivity index (χ4v) is 3.98. The second-order valence-electron chi connectivity index (χ2n) is 9.83. The van der Waals surface area contributed by atoms with Crippen molar-refractivity contribution in [3.8, 4) is 23.3 Å². The van der Waals surface area contributed by atoms with E-state index in [0.717, 1.165) is 5.69 Å². The Morgan fingerprint density at radius 3 is 2.50 bits per heavy atom. The molecule has 0 bridgehead atoms. The van der Waals surface area contributed by atoms with E-state index in [9.17, 15) is 14.9 Å². The summed E-state index contributed by atoms with van der Waals surface area (Å²) >= 11 is 6.45. The summed E-state index contributed by atoms with van der Waals surface area (Å²) in [6.07, 6.45) is 1.40. The first-order valence-corrected chi connectivity index (χ1v) is 12.7. The quantitative estimate of drug-likeness (QED) is 0.199. The highest BCUT2D eigenvalue weighted by molar-refractivity contribution is 6.34. The van der Waals surface area contributed by atoms with Crippen LogP contribution in [0.2, 0.25) is 5.02 Å². The molecule has 0 aliphatic heterocycles. The van der Waals surface area contributed by atoms with Crippen LogP contribution in [-0.2, 0) is 10.2 Å².